The van der Waals surface area contributed by atoms with Gasteiger partial charge in [0, 0.05) is 0 Å². The van der Waals surface area contributed by atoms with Crippen molar-refractivity contribution in [3.8, 4) is 0 Å². The molecule has 0 saturated carbocycles. The topological polar surface area (TPSA) is 12.0 Å². The largest absolute Gasteiger partial charge is 0.319 e. The zero-order chi connectivity index (χ0) is 12.0. The normalized spacial score (nSPS) is 11.9. The highest BCUT2D eigenvalue weighted by molar-refractivity contribution is 5.30. The van der Waals surface area contributed by atoms with Crippen molar-refractivity contribution < 1.29 is 4.39 Å². The number of halogens is 1. The number of benzene rings is 1. The van der Waals surface area contributed by atoms with Gasteiger partial charge in [0.15, 0.2) is 0 Å². The summed E-state index contributed by atoms with van der Waals surface area (Å²) in [6.45, 7) is 5.08. The van der Waals surface area contributed by atoms with E-state index in [1.54, 1.807) is 6.07 Å². The Kier molecular flexibility index (Phi) is 5.20. The van der Waals surface area contributed by atoms with E-state index in [9.17, 15) is 4.39 Å². The maximum atomic E-state index is 12.9. The summed E-state index contributed by atoms with van der Waals surface area (Å²) in [6.07, 6.45) is 4.19. The molecular formula is C14H20FN. The summed E-state index contributed by atoms with van der Waals surface area (Å²) in [5, 5.41) is 3.11. The molecule has 0 aromatic heterocycles. The van der Waals surface area contributed by atoms with Crippen LogP contribution in [0.4, 0.5) is 4.39 Å². The first-order valence-corrected chi connectivity index (χ1v) is 5.68. The molecule has 0 heterocycles. The summed E-state index contributed by atoms with van der Waals surface area (Å²) in [4.78, 5) is 0. The first-order chi connectivity index (χ1) is 7.63. The van der Waals surface area contributed by atoms with Crippen molar-refractivity contribution in [3.05, 3.63) is 46.8 Å². The van der Waals surface area contributed by atoms with Crippen LogP contribution in [0.5, 0.6) is 0 Å². The van der Waals surface area contributed by atoms with E-state index in [4.69, 9.17) is 0 Å². The Bertz CT molecular complexity index is 369. The molecule has 1 rings (SSSR count). The minimum absolute atomic E-state index is 0.155. The lowest BCUT2D eigenvalue weighted by atomic mass is 10.0. The molecule has 0 radical (unpaired) electrons. The number of allylic oxidation sites excluding steroid dienone is 1. The van der Waals surface area contributed by atoms with Crippen LogP contribution in [-0.4, -0.2) is 13.6 Å². The van der Waals surface area contributed by atoms with Crippen LogP contribution in [0, 0.1) is 12.7 Å². The molecule has 1 nitrogen and oxygen atoms in total. The van der Waals surface area contributed by atoms with E-state index >= 15 is 0 Å². The SMILES string of the molecule is CNCC/C=C(/C)Cc1ccc(F)cc1C. The Hall–Kier alpha value is -1.15. The first kappa shape index (κ1) is 12.9. The van der Waals surface area contributed by atoms with Gasteiger partial charge in [-0.3, -0.25) is 0 Å². The summed E-state index contributed by atoms with van der Waals surface area (Å²) in [7, 11) is 1.95. The van der Waals surface area contributed by atoms with Gasteiger partial charge in [-0.2, -0.15) is 0 Å². The summed E-state index contributed by atoms with van der Waals surface area (Å²) < 4.78 is 12.9. The smallest absolute Gasteiger partial charge is 0.123 e. The molecule has 1 N–H and O–H groups in total. The second kappa shape index (κ2) is 6.44. The van der Waals surface area contributed by atoms with Crippen LogP contribution in [0.25, 0.3) is 0 Å². The zero-order valence-corrected chi connectivity index (χ0v) is 10.3. The minimum atomic E-state index is -0.155. The number of aryl methyl sites for hydroxylation is 1. The van der Waals surface area contributed by atoms with Gasteiger partial charge in [0.25, 0.3) is 0 Å². The van der Waals surface area contributed by atoms with E-state index in [2.05, 4.69) is 18.3 Å². The van der Waals surface area contributed by atoms with Crippen molar-refractivity contribution in [1.29, 1.82) is 0 Å². The molecule has 0 unspecified atom stereocenters. The van der Waals surface area contributed by atoms with Crippen molar-refractivity contribution in [2.45, 2.75) is 26.7 Å². The van der Waals surface area contributed by atoms with Crippen LogP contribution >= 0.6 is 0 Å². The molecule has 0 spiro atoms. The molecule has 1 aromatic carbocycles. The molecule has 0 aliphatic rings. The maximum absolute atomic E-state index is 12.9. The Morgan fingerprint density at radius 3 is 2.81 bits per heavy atom. The van der Waals surface area contributed by atoms with Crippen LogP contribution < -0.4 is 5.32 Å². The third-order valence-corrected chi connectivity index (χ3v) is 2.66. The molecule has 0 atom stereocenters. The van der Waals surface area contributed by atoms with E-state index in [0.717, 1.165) is 24.9 Å². The summed E-state index contributed by atoms with van der Waals surface area (Å²) in [5.74, 6) is -0.155. The molecule has 0 saturated heterocycles. The highest BCUT2D eigenvalue weighted by atomic mass is 19.1. The van der Waals surface area contributed by atoms with Crippen LogP contribution in [0.15, 0.2) is 29.8 Å². The molecule has 0 amide bonds. The van der Waals surface area contributed by atoms with Crippen molar-refractivity contribution in [3.63, 3.8) is 0 Å². The van der Waals surface area contributed by atoms with E-state index in [0.29, 0.717) is 0 Å². The van der Waals surface area contributed by atoms with Gasteiger partial charge in [0.05, 0.1) is 0 Å². The minimum Gasteiger partial charge on any atom is -0.319 e. The second-order valence-corrected chi connectivity index (χ2v) is 4.19. The third kappa shape index (κ3) is 4.15. The van der Waals surface area contributed by atoms with Crippen LogP contribution in [0.3, 0.4) is 0 Å². The second-order valence-electron chi connectivity index (χ2n) is 4.19. The summed E-state index contributed by atoms with van der Waals surface area (Å²) in [5.41, 5.74) is 3.57. The van der Waals surface area contributed by atoms with Gasteiger partial charge in [-0.1, -0.05) is 17.7 Å². The number of rotatable bonds is 5. The van der Waals surface area contributed by atoms with Gasteiger partial charge in [0.1, 0.15) is 5.82 Å². The molecule has 0 aliphatic carbocycles. The number of nitrogens with one attached hydrogen (secondary N) is 1. The van der Waals surface area contributed by atoms with Crippen LogP contribution in [-0.2, 0) is 6.42 Å². The fourth-order valence-corrected chi connectivity index (χ4v) is 1.69. The van der Waals surface area contributed by atoms with Gasteiger partial charge in [0.2, 0.25) is 0 Å². The van der Waals surface area contributed by atoms with Crippen molar-refractivity contribution in [2.75, 3.05) is 13.6 Å². The fourth-order valence-electron chi connectivity index (χ4n) is 1.69. The third-order valence-electron chi connectivity index (χ3n) is 2.66. The number of hydrogen-bond acceptors (Lipinski definition) is 1. The maximum Gasteiger partial charge on any atom is 0.123 e. The lowest BCUT2D eigenvalue weighted by Crippen LogP contribution is -2.06. The Labute approximate surface area is 97.4 Å². The predicted octanol–water partition coefficient (Wildman–Crippen LogP) is 3.23. The lowest BCUT2D eigenvalue weighted by Gasteiger charge is -2.06. The van der Waals surface area contributed by atoms with E-state index < -0.39 is 0 Å². The Balaban J connectivity index is 2.62. The highest BCUT2D eigenvalue weighted by Crippen LogP contribution is 2.14. The fraction of sp³-hybridized carbons (Fsp3) is 0.429. The average molecular weight is 221 g/mol. The monoisotopic (exact) mass is 221 g/mol. The van der Waals surface area contributed by atoms with Gasteiger partial charge in [-0.25, -0.2) is 4.39 Å². The summed E-state index contributed by atoms with van der Waals surface area (Å²) in [6, 6.07) is 5.00. The van der Waals surface area contributed by atoms with Crippen molar-refractivity contribution in [1.82, 2.24) is 5.32 Å². The molecule has 0 fully saturated rings. The van der Waals surface area contributed by atoms with E-state index in [1.807, 2.05) is 20.0 Å². The van der Waals surface area contributed by atoms with Crippen LogP contribution in [0.1, 0.15) is 24.5 Å². The van der Waals surface area contributed by atoms with Gasteiger partial charge >= 0.3 is 0 Å². The molecule has 16 heavy (non-hydrogen) atoms. The first-order valence-electron chi connectivity index (χ1n) is 5.68. The summed E-state index contributed by atoms with van der Waals surface area (Å²) >= 11 is 0. The highest BCUT2D eigenvalue weighted by Gasteiger charge is 2.00. The molecule has 0 bridgehead atoms. The molecular weight excluding hydrogens is 201 g/mol. The predicted molar refractivity (Wildman–Crippen MR) is 67.1 cm³/mol. The van der Waals surface area contributed by atoms with Gasteiger partial charge in [-0.15, -0.1) is 0 Å². The molecule has 88 valence electrons. The Morgan fingerprint density at radius 2 is 2.19 bits per heavy atom. The molecule has 0 aliphatic heterocycles. The lowest BCUT2D eigenvalue weighted by molar-refractivity contribution is 0.625. The standard InChI is InChI=1S/C14H20FN/c1-11(5-4-8-16-3)9-13-6-7-14(15)10-12(13)2/h5-7,10,16H,4,8-9H2,1-3H3/b11-5-. The average Bonchev–Trinajstić information content (AvgIpc) is 2.23. The van der Waals surface area contributed by atoms with Crippen molar-refractivity contribution in [2.24, 2.45) is 0 Å². The van der Waals surface area contributed by atoms with Crippen LogP contribution in [0.2, 0.25) is 0 Å². The van der Waals surface area contributed by atoms with E-state index in [1.165, 1.54) is 17.2 Å². The Morgan fingerprint density at radius 1 is 1.44 bits per heavy atom. The molecule has 2 heteroatoms. The quantitative estimate of drug-likeness (QED) is 0.594. The zero-order valence-electron chi connectivity index (χ0n) is 10.3. The van der Waals surface area contributed by atoms with Crippen molar-refractivity contribution >= 4 is 0 Å². The van der Waals surface area contributed by atoms with Gasteiger partial charge in [-0.05, 0) is 63.5 Å². The molecule has 1 aromatic rings. The number of hydrogen-bond donors (Lipinski definition) is 1. The van der Waals surface area contributed by atoms with Gasteiger partial charge < -0.3 is 5.32 Å². The van der Waals surface area contributed by atoms with E-state index in [-0.39, 0.29) is 5.82 Å².